The van der Waals surface area contributed by atoms with Crippen LogP contribution >= 0.6 is 0 Å². The molecule has 0 bridgehead atoms. The lowest BCUT2D eigenvalue weighted by Crippen LogP contribution is -2.13. The molecule has 53 heavy (non-hydrogen) atoms. The van der Waals surface area contributed by atoms with Gasteiger partial charge in [-0.15, -0.1) is 0 Å². The number of hydrogen-bond acceptors (Lipinski definition) is 16. The molecule has 0 aromatic carbocycles. The first kappa shape index (κ1) is 66.1. The highest BCUT2D eigenvalue weighted by Crippen LogP contribution is 1.93. The molecule has 0 aromatic rings. The molecule has 0 fully saturated rings. The smallest absolute Gasteiger partial charge is 0.305 e. The molecule has 0 spiro atoms. The standard InChI is InChI=1S/C7H15NO4.C6H12O3.C6H12O2.C5H13NO2.C5H12O2.C4H10O.C3H8O/c8-2-4-12-6-5-11-3-1-7(9)10;1-6(7)5-9-4-3-8-2;1-6(8)4-2-3-5-7;1-7-4-5-8-3-2-6;1-2-4-7-5-3-6;1-3-4-5-2;1-2-3-4/h1-6,8H2,(H,9,10);3-5H2,1-2H3;7H,2-5H2,1H3;2-6H2,1H3;6H,2-5H2,1H3;3-4H2,1-2H3;4H,2-3H2,1H3. The summed E-state index contributed by atoms with van der Waals surface area (Å²) in [6.07, 6.45) is 5.25. The minimum atomic E-state index is -0.849. The first-order valence-electron chi connectivity index (χ1n) is 18.3. The van der Waals surface area contributed by atoms with E-state index in [1.807, 2.05) is 13.8 Å². The number of ketones is 2. The van der Waals surface area contributed by atoms with Crippen molar-refractivity contribution < 1.29 is 72.7 Å². The third-order valence-electron chi connectivity index (χ3n) is 4.68. The van der Waals surface area contributed by atoms with E-state index in [0.717, 1.165) is 45.3 Å². The van der Waals surface area contributed by atoms with E-state index in [9.17, 15) is 14.4 Å². The SMILES string of the molecule is CC(=O)CCCCO.CCCO.CCCOC.CCCOCCO.COCCOCC(C)=O.COCCOCCN.NCCOCCOCCC(=O)O. The number of unbranched alkanes of at least 4 members (excludes halogenated alkanes) is 1. The van der Waals surface area contributed by atoms with Gasteiger partial charge in [-0.2, -0.15) is 0 Å². The van der Waals surface area contributed by atoms with Crippen LogP contribution in [0, 0.1) is 0 Å². The maximum atomic E-state index is 10.2. The van der Waals surface area contributed by atoms with Crippen LogP contribution in [-0.2, 0) is 52.3 Å². The minimum absolute atomic E-state index is 0.0386. The van der Waals surface area contributed by atoms with E-state index in [-0.39, 0.29) is 44.4 Å². The fourth-order valence-corrected chi connectivity index (χ4v) is 2.25. The fourth-order valence-electron chi connectivity index (χ4n) is 2.25. The monoisotopic (exact) mass is 783 g/mol. The Bertz CT molecular complexity index is 609. The second-order valence-corrected chi connectivity index (χ2v) is 10.2. The van der Waals surface area contributed by atoms with Gasteiger partial charge in [-0.3, -0.25) is 9.59 Å². The van der Waals surface area contributed by atoms with Crippen molar-refractivity contribution in [1.82, 2.24) is 0 Å². The number of carboxylic acids is 1. The van der Waals surface area contributed by atoms with Gasteiger partial charge < -0.3 is 74.6 Å². The second kappa shape index (κ2) is 75.3. The van der Waals surface area contributed by atoms with Gasteiger partial charge in [0, 0.05) is 67.3 Å². The number of Topliss-reactive ketones (excluding diaryl/α,β-unsaturated/α-hetero) is 2. The van der Waals surface area contributed by atoms with E-state index in [0.29, 0.717) is 85.6 Å². The summed E-state index contributed by atoms with van der Waals surface area (Å²) in [7, 11) is 4.95. The molecule has 0 unspecified atom stereocenters. The molecule has 17 heteroatoms. The van der Waals surface area contributed by atoms with Crippen LogP contribution in [0.5, 0.6) is 0 Å². The summed E-state index contributed by atoms with van der Waals surface area (Å²) < 4.78 is 38.8. The topological polar surface area (TPSA) is 258 Å². The van der Waals surface area contributed by atoms with Crippen LogP contribution in [0.25, 0.3) is 0 Å². The molecule has 0 amide bonds. The molecule has 0 saturated carbocycles. The van der Waals surface area contributed by atoms with Gasteiger partial charge in [-0.25, -0.2) is 0 Å². The fraction of sp³-hybridized carbons (Fsp3) is 0.917. The van der Waals surface area contributed by atoms with E-state index >= 15 is 0 Å². The molecule has 0 aliphatic carbocycles. The van der Waals surface area contributed by atoms with Crippen LogP contribution in [0.4, 0.5) is 0 Å². The predicted octanol–water partition coefficient (Wildman–Crippen LogP) is 1.87. The molecule has 326 valence electrons. The van der Waals surface area contributed by atoms with E-state index in [1.165, 1.54) is 6.92 Å². The third kappa shape index (κ3) is 128. The quantitative estimate of drug-likeness (QED) is 0.0592. The van der Waals surface area contributed by atoms with Crippen molar-refractivity contribution in [3.05, 3.63) is 0 Å². The Labute approximate surface area is 321 Å². The molecule has 0 radical (unpaired) electrons. The van der Waals surface area contributed by atoms with E-state index in [1.54, 1.807) is 28.3 Å². The highest BCUT2D eigenvalue weighted by molar-refractivity contribution is 5.76. The predicted molar refractivity (Wildman–Crippen MR) is 207 cm³/mol. The number of aliphatic carboxylic acids is 1. The van der Waals surface area contributed by atoms with Crippen LogP contribution < -0.4 is 11.5 Å². The number of methoxy groups -OCH3 is 3. The molecular weight excluding hydrogens is 700 g/mol. The molecule has 0 rings (SSSR count). The number of aliphatic hydroxyl groups excluding tert-OH is 3. The number of carbonyl (C=O) groups is 3. The first-order chi connectivity index (χ1) is 25.5. The maximum absolute atomic E-state index is 10.2. The van der Waals surface area contributed by atoms with Crippen LogP contribution in [-0.4, -0.2) is 178 Å². The highest BCUT2D eigenvalue weighted by atomic mass is 16.5. The largest absolute Gasteiger partial charge is 0.481 e. The second-order valence-electron chi connectivity index (χ2n) is 10.2. The van der Waals surface area contributed by atoms with Gasteiger partial charge in [0.05, 0.1) is 79.1 Å². The Balaban J connectivity index is -0.0000000953. The van der Waals surface area contributed by atoms with Crippen molar-refractivity contribution in [2.24, 2.45) is 11.5 Å². The zero-order chi connectivity index (χ0) is 42.1. The number of hydrogen-bond donors (Lipinski definition) is 6. The van der Waals surface area contributed by atoms with Crippen LogP contribution in [0.15, 0.2) is 0 Å². The van der Waals surface area contributed by atoms with E-state index in [2.05, 4.69) is 11.7 Å². The van der Waals surface area contributed by atoms with Crippen molar-refractivity contribution in [3.8, 4) is 0 Å². The zero-order valence-corrected chi connectivity index (χ0v) is 34.6. The van der Waals surface area contributed by atoms with E-state index < -0.39 is 5.97 Å². The molecule has 17 nitrogen and oxygen atoms in total. The minimum Gasteiger partial charge on any atom is -0.481 e. The van der Waals surface area contributed by atoms with Gasteiger partial charge in [0.15, 0.2) is 5.78 Å². The van der Waals surface area contributed by atoms with Crippen molar-refractivity contribution in [2.75, 3.05) is 140 Å². The van der Waals surface area contributed by atoms with Gasteiger partial charge in [0.25, 0.3) is 0 Å². The Morgan fingerprint density at radius 3 is 1.23 bits per heavy atom. The molecule has 0 saturated heterocycles. The molecule has 0 aliphatic rings. The van der Waals surface area contributed by atoms with Gasteiger partial charge in [0.2, 0.25) is 0 Å². The Morgan fingerprint density at radius 1 is 0.472 bits per heavy atom. The number of ether oxygens (including phenoxy) is 8. The highest BCUT2D eigenvalue weighted by Gasteiger charge is 1.95. The average Bonchev–Trinajstić information content (AvgIpc) is 3.13. The maximum Gasteiger partial charge on any atom is 0.305 e. The van der Waals surface area contributed by atoms with Crippen LogP contribution in [0.2, 0.25) is 0 Å². The summed E-state index contributed by atoms with van der Waals surface area (Å²) >= 11 is 0. The van der Waals surface area contributed by atoms with Gasteiger partial charge >= 0.3 is 5.97 Å². The van der Waals surface area contributed by atoms with Crippen LogP contribution in [0.3, 0.4) is 0 Å². The van der Waals surface area contributed by atoms with Crippen LogP contribution in [0.1, 0.15) is 79.6 Å². The molecular formula is C36H82N2O15. The lowest BCUT2D eigenvalue weighted by molar-refractivity contribution is -0.138. The Hall–Kier alpha value is -1.71. The summed E-state index contributed by atoms with van der Waals surface area (Å²) in [5, 5.41) is 32.5. The van der Waals surface area contributed by atoms with Gasteiger partial charge in [-0.05, 0) is 46.0 Å². The van der Waals surface area contributed by atoms with E-state index in [4.69, 9.17) is 65.1 Å². The van der Waals surface area contributed by atoms with Crippen molar-refractivity contribution in [3.63, 3.8) is 0 Å². The molecule has 8 N–H and O–H groups in total. The Morgan fingerprint density at radius 2 is 0.906 bits per heavy atom. The Kier molecular flexibility index (Phi) is 93.9. The number of rotatable bonds is 29. The summed E-state index contributed by atoms with van der Waals surface area (Å²) in [6.45, 7) is 17.8. The lowest BCUT2D eigenvalue weighted by atomic mass is 10.2. The van der Waals surface area contributed by atoms with Crippen molar-refractivity contribution >= 4 is 17.5 Å². The summed E-state index contributed by atoms with van der Waals surface area (Å²) in [6, 6.07) is 0. The molecule has 0 atom stereocenters. The van der Waals surface area contributed by atoms with Gasteiger partial charge in [-0.1, -0.05) is 20.8 Å². The summed E-state index contributed by atoms with van der Waals surface area (Å²) in [4.78, 5) is 30.5. The van der Waals surface area contributed by atoms with Crippen molar-refractivity contribution in [1.29, 1.82) is 0 Å². The summed E-state index contributed by atoms with van der Waals surface area (Å²) in [5.74, 6) is -0.595. The number of aliphatic hydroxyl groups is 3. The molecule has 0 aliphatic heterocycles. The molecule has 0 aromatic heterocycles. The number of carboxylic acid groups (broad SMARTS) is 1. The zero-order valence-electron chi connectivity index (χ0n) is 34.6. The summed E-state index contributed by atoms with van der Waals surface area (Å²) in [5.41, 5.74) is 10.3. The number of nitrogens with two attached hydrogens (primary N) is 2. The van der Waals surface area contributed by atoms with Gasteiger partial charge in [0.1, 0.15) is 12.4 Å². The molecule has 0 heterocycles. The number of carbonyl (C=O) groups excluding carboxylic acids is 2. The van der Waals surface area contributed by atoms with Crippen molar-refractivity contribution in [2.45, 2.75) is 79.6 Å². The third-order valence-corrected chi connectivity index (χ3v) is 4.68. The lowest BCUT2D eigenvalue weighted by Gasteiger charge is -2.02. The first-order valence-corrected chi connectivity index (χ1v) is 18.3. The normalized spacial score (nSPS) is 9.38. The average molecular weight is 783 g/mol.